The van der Waals surface area contributed by atoms with Crippen molar-refractivity contribution in [1.29, 1.82) is 0 Å². The van der Waals surface area contributed by atoms with Crippen LogP contribution in [-0.4, -0.2) is 73.5 Å². The molecule has 2 fully saturated rings. The molecule has 2 aliphatic heterocycles. The molecule has 120 valence electrons. The monoisotopic (exact) mass is 286 g/mol. The van der Waals surface area contributed by atoms with E-state index < -0.39 is 0 Å². The highest BCUT2D eigenvalue weighted by Crippen LogP contribution is 2.17. The van der Waals surface area contributed by atoms with Crippen molar-refractivity contribution in [3.05, 3.63) is 0 Å². The largest absolute Gasteiger partial charge is 0.379 e. The minimum atomic E-state index is 0.0581. The van der Waals surface area contributed by atoms with Crippen LogP contribution in [0.5, 0.6) is 0 Å². The van der Waals surface area contributed by atoms with Gasteiger partial charge in [-0.3, -0.25) is 9.80 Å². The van der Waals surface area contributed by atoms with Crippen LogP contribution < -0.4 is 0 Å². The number of morpholine rings is 2. The third kappa shape index (κ3) is 6.53. The molecule has 4 nitrogen and oxygen atoms in total. The van der Waals surface area contributed by atoms with Crippen LogP contribution in [0, 0.1) is 0 Å². The van der Waals surface area contributed by atoms with Crippen molar-refractivity contribution in [2.24, 2.45) is 0 Å². The molecular weight excluding hydrogens is 252 g/mol. The van der Waals surface area contributed by atoms with E-state index >= 15 is 0 Å². The molecule has 0 aromatic heterocycles. The number of nitrogens with zero attached hydrogens (tertiary/aromatic N) is 2. The van der Waals surface area contributed by atoms with Crippen molar-refractivity contribution in [2.45, 2.75) is 59.2 Å². The maximum atomic E-state index is 5.60. The second-order valence-electron chi connectivity index (χ2n) is 6.91. The van der Waals surface area contributed by atoms with Crippen LogP contribution in [0.3, 0.4) is 0 Å². The quantitative estimate of drug-likeness (QED) is 0.777. The molecule has 20 heavy (non-hydrogen) atoms. The average Bonchev–Trinajstić information content (AvgIpc) is 2.39. The first-order valence-electron chi connectivity index (χ1n) is 8.01. The van der Waals surface area contributed by atoms with E-state index in [-0.39, 0.29) is 5.60 Å². The minimum Gasteiger partial charge on any atom is -0.379 e. The smallest absolute Gasteiger partial charge is 0.0753 e. The summed E-state index contributed by atoms with van der Waals surface area (Å²) in [5.74, 6) is 0. The molecule has 0 atom stereocenters. The van der Waals surface area contributed by atoms with Gasteiger partial charge in [-0.25, -0.2) is 0 Å². The van der Waals surface area contributed by atoms with Gasteiger partial charge in [0.2, 0.25) is 0 Å². The van der Waals surface area contributed by atoms with Gasteiger partial charge >= 0.3 is 0 Å². The SMILES string of the molecule is CC(C)N1CCOC(C)(C)C1.CC(C)N1CCOCC1. The molecule has 2 rings (SSSR count). The van der Waals surface area contributed by atoms with Gasteiger partial charge in [-0.1, -0.05) is 0 Å². The van der Waals surface area contributed by atoms with Gasteiger partial charge in [-0.2, -0.15) is 0 Å². The van der Waals surface area contributed by atoms with E-state index in [0.29, 0.717) is 12.1 Å². The first-order valence-corrected chi connectivity index (χ1v) is 8.01. The van der Waals surface area contributed by atoms with Gasteiger partial charge in [0.05, 0.1) is 25.4 Å². The zero-order chi connectivity index (χ0) is 15.2. The third-order valence-electron chi connectivity index (χ3n) is 3.96. The van der Waals surface area contributed by atoms with E-state index in [1.165, 1.54) is 0 Å². The number of rotatable bonds is 2. The molecule has 0 aromatic rings. The Morgan fingerprint density at radius 3 is 1.65 bits per heavy atom. The molecule has 0 amide bonds. The van der Waals surface area contributed by atoms with Gasteiger partial charge in [-0.15, -0.1) is 0 Å². The Morgan fingerprint density at radius 2 is 1.30 bits per heavy atom. The third-order valence-corrected chi connectivity index (χ3v) is 3.96. The highest BCUT2D eigenvalue weighted by atomic mass is 16.5. The summed E-state index contributed by atoms with van der Waals surface area (Å²) in [4.78, 5) is 4.90. The summed E-state index contributed by atoms with van der Waals surface area (Å²) in [7, 11) is 0. The maximum Gasteiger partial charge on any atom is 0.0753 e. The van der Waals surface area contributed by atoms with Gasteiger partial charge in [0.1, 0.15) is 0 Å². The Labute approximate surface area is 125 Å². The van der Waals surface area contributed by atoms with E-state index in [4.69, 9.17) is 9.47 Å². The van der Waals surface area contributed by atoms with E-state index in [0.717, 1.165) is 46.0 Å². The zero-order valence-electron chi connectivity index (χ0n) is 14.3. The van der Waals surface area contributed by atoms with Crippen molar-refractivity contribution >= 4 is 0 Å². The number of hydrogen-bond donors (Lipinski definition) is 0. The first-order chi connectivity index (χ1) is 9.32. The topological polar surface area (TPSA) is 24.9 Å². The summed E-state index contributed by atoms with van der Waals surface area (Å²) in [6, 6.07) is 1.34. The molecule has 2 aliphatic rings. The lowest BCUT2D eigenvalue weighted by Crippen LogP contribution is -2.50. The maximum absolute atomic E-state index is 5.60. The van der Waals surface area contributed by atoms with E-state index in [9.17, 15) is 0 Å². The highest BCUT2D eigenvalue weighted by molar-refractivity contribution is 4.80. The molecule has 0 aromatic carbocycles. The average molecular weight is 286 g/mol. The molecule has 2 heterocycles. The summed E-state index contributed by atoms with van der Waals surface area (Å²) in [5.41, 5.74) is 0.0581. The molecule has 0 spiro atoms. The predicted molar refractivity (Wildman–Crippen MR) is 84.3 cm³/mol. The fraction of sp³-hybridized carbons (Fsp3) is 1.00. The molecule has 4 heteroatoms. The van der Waals surface area contributed by atoms with Crippen molar-refractivity contribution in [3.8, 4) is 0 Å². The van der Waals surface area contributed by atoms with Gasteiger partial charge < -0.3 is 9.47 Å². The summed E-state index contributed by atoms with van der Waals surface area (Å²) in [6.07, 6.45) is 0. The fourth-order valence-corrected chi connectivity index (χ4v) is 2.59. The summed E-state index contributed by atoms with van der Waals surface area (Å²) in [6.45, 7) is 20.3. The van der Waals surface area contributed by atoms with Gasteiger partial charge in [0.25, 0.3) is 0 Å². The number of hydrogen-bond acceptors (Lipinski definition) is 4. The zero-order valence-corrected chi connectivity index (χ0v) is 14.3. The fourth-order valence-electron chi connectivity index (χ4n) is 2.59. The Balaban J connectivity index is 0.000000204. The minimum absolute atomic E-state index is 0.0581. The van der Waals surface area contributed by atoms with Crippen molar-refractivity contribution in [1.82, 2.24) is 9.80 Å². The lowest BCUT2D eigenvalue weighted by molar-refractivity contribution is -0.0936. The molecule has 2 saturated heterocycles. The number of ether oxygens (including phenoxy) is 2. The molecule has 0 aliphatic carbocycles. The lowest BCUT2D eigenvalue weighted by Gasteiger charge is -2.40. The van der Waals surface area contributed by atoms with E-state index in [2.05, 4.69) is 51.3 Å². The Bertz CT molecular complexity index is 261. The first kappa shape index (κ1) is 17.9. The van der Waals surface area contributed by atoms with Crippen LogP contribution >= 0.6 is 0 Å². The predicted octanol–water partition coefficient (Wildman–Crippen LogP) is 2.23. The van der Waals surface area contributed by atoms with Crippen LogP contribution in [0.4, 0.5) is 0 Å². The normalized spacial score (nSPS) is 24.6. The summed E-state index contributed by atoms with van der Waals surface area (Å²) in [5, 5.41) is 0. The van der Waals surface area contributed by atoms with E-state index in [1.54, 1.807) is 0 Å². The summed E-state index contributed by atoms with van der Waals surface area (Å²) >= 11 is 0. The van der Waals surface area contributed by atoms with Crippen LogP contribution in [0.1, 0.15) is 41.5 Å². The van der Waals surface area contributed by atoms with Crippen LogP contribution in [0.2, 0.25) is 0 Å². The second-order valence-corrected chi connectivity index (χ2v) is 6.91. The van der Waals surface area contributed by atoms with Crippen molar-refractivity contribution in [2.75, 3.05) is 46.0 Å². The molecule has 0 N–H and O–H groups in total. The molecule has 0 radical (unpaired) electrons. The van der Waals surface area contributed by atoms with E-state index in [1.807, 2.05) is 0 Å². The van der Waals surface area contributed by atoms with Crippen LogP contribution in [0.25, 0.3) is 0 Å². The molecule has 0 saturated carbocycles. The summed E-state index contributed by atoms with van der Waals surface area (Å²) < 4.78 is 10.8. The highest BCUT2D eigenvalue weighted by Gasteiger charge is 2.27. The van der Waals surface area contributed by atoms with Gasteiger partial charge in [0.15, 0.2) is 0 Å². The lowest BCUT2D eigenvalue weighted by atomic mass is 10.1. The molecule has 0 unspecified atom stereocenters. The van der Waals surface area contributed by atoms with Gasteiger partial charge in [0, 0.05) is 38.3 Å². The standard InChI is InChI=1S/C9H19NO.C7H15NO/c1-8(2)10-5-6-11-9(3,4)7-10;1-7(2)8-3-5-9-6-4-8/h8H,5-7H2,1-4H3;7H,3-6H2,1-2H3. The molecule has 0 bridgehead atoms. The van der Waals surface area contributed by atoms with Gasteiger partial charge in [-0.05, 0) is 41.5 Å². The Morgan fingerprint density at radius 1 is 0.800 bits per heavy atom. The van der Waals surface area contributed by atoms with Crippen LogP contribution in [0.15, 0.2) is 0 Å². The van der Waals surface area contributed by atoms with Crippen molar-refractivity contribution in [3.63, 3.8) is 0 Å². The second kappa shape index (κ2) is 8.32. The van der Waals surface area contributed by atoms with Crippen molar-refractivity contribution < 1.29 is 9.47 Å². The molecular formula is C16H34N2O2. The Kier molecular flexibility index (Phi) is 7.45. The van der Waals surface area contributed by atoms with Crippen LogP contribution in [-0.2, 0) is 9.47 Å². The Hall–Kier alpha value is -0.160.